The fourth-order valence-electron chi connectivity index (χ4n) is 3.55. The molecule has 1 aromatic rings. The van der Waals surface area contributed by atoms with E-state index in [1.54, 1.807) is 6.92 Å². The second-order valence-corrected chi connectivity index (χ2v) is 6.33. The van der Waals surface area contributed by atoms with E-state index in [0.717, 1.165) is 45.4 Å². The van der Waals surface area contributed by atoms with Crippen molar-refractivity contribution in [2.45, 2.75) is 38.7 Å². The number of benzene rings is 1. The predicted molar refractivity (Wildman–Crippen MR) is 78.4 cm³/mol. The molecule has 1 unspecified atom stereocenters. The van der Waals surface area contributed by atoms with E-state index in [9.17, 15) is 4.79 Å². The summed E-state index contributed by atoms with van der Waals surface area (Å²) in [6.45, 7) is 4.34. The third-order valence-electron chi connectivity index (χ3n) is 4.86. The number of rotatable bonds is 2. The van der Waals surface area contributed by atoms with Crippen LogP contribution in [0.1, 0.15) is 31.7 Å². The largest absolute Gasteiger partial charge is 0.377 e. The van der Waals surface area contributed by atoms with Crippen molar-refractivity contribution in [2.24, 2.45) is 5.41 Å². The Morgan fingerprint density at radius 2 is 2.00 bits per heavy atom. The summed E-state index contributed by atoms with van der Waals surface area (Å²) in [7, 11) is 0. The highest BCUT2D eigenvalue weighted by molar-refractivity contribution is 5.73. The van der Waals surface area contributed by atoms with Crippen LogP contribution in [0.4, 0.5) is 0 Å². The van der Waals surface area contributed by atoms with Gasteiger partial charge >= 0.3 is 0 Å². The minimum Gasteiger partial charge on any atom is -0.377 e. The Hall–Kier alpha value is -1.35. The maximum Gasteiger partial charge on any atom is 0.219 e. The van der Waals surface area contributed by atoms with Crippen molar-refractivity contribution in [1.29, 1.82) is 0 Å². The molecular formula is C17H23NO2. The van der Waals surface area contributed by atoms with Gasteiger partial charge in [0.05, 0.1) is 12.7 Å². The summed E-state index contributed by atoms with van der Waals surface area (Å²) in [6, 6.07) is 10.6. The number of carbonyl (C=O) groups is 1. The number of amides is 1. The minimum absolute atomic E-state index is 0.208. The number of nitrogens with zero attached hydrogens (tertiary/aromatic N) is 1. The zero-order valence-corrected chi connectivity index (χ0v) is 12.2. The van der Waals surface area contributed by atoms with E-state index in [-0.39, 0.29) is 5.91 Å². The Morgan fingerprint density at radius 3 is 2.65 bits per heavy atom. The van der Waals surface area contributed by atoms with Gasteiger partial charge in [-0.25, -0.2) is 0 Å². The number of carbonyl (C=O) groups excluding carboxylic acids is 1. The average Bonchev–Trinajstić information content (AvgIpc) is 2.83. The quantitative estimate of drug-likeness (QED) is 0.829. The molecule has 1 amide bonds. The molecule has 2 aliphatic rings. The molecule has 3 rings (SSSR count). The number of piperidine rings is 1. The van der Waals surface area contributed by atoms with Crippen molar-refractivity contribution < 1.29 is 9.53 Å². The molecule has 0 radical (unpaired) electrons. The van der Waals surface area contributed by atoms with Crippen LogP contribution in [-0.2, 0) is 16.0 Å². The molecule has 20 heavy (non-hydrogen) atoms. The number of hydrogen-bond acceptors (Lipinski definition) is 2. The van der Waals surface area contributed by atoms with Crippen LogP contribution in [0.2, 0.25) is 0 Å². The third kappa shape index (κ3) is 2.88. The molecule has 1 spiro atoms. The van der Waals surface area contributed by atoms with Crippen molar-refractivity contribution in [3.63, 3.8) is 0 Å². The summed E-state index contributed by atoms with van der Waals surface area (Å²) < 4.78 is 6.04. The first-order chi connectivity index (χ1) is 9.67. The van der Waals surface area contributed by atoms with Crippen LogP contribution in [0.5, 0.6) is 0 Å². The molecule has 0 N–H and O–H groups in total. The minimum atomic E-state index is 0.208. The van der Waals surface area contributed by atoms with E-state index in [4.69, 9.17) is 4.74 Å². The molecule has 0 bridgehead atoms. The molecule has 108 valence electrons. The second kappa shape index (κ2) is 5.57. The standard InChI is InChI=1S/C17H23NO2/c1-14(19)18-9-7-17(8-10-18)12-16(20-13-17)11-15-5-3-2-4-6-15/h2-6,16H,7-13H2,1H3. The van der Waals surface area contributed by atoms with Crippen LogP contribution in [0.25, 0.3) is 0 Å². The lowest BCUT2D eigenvalue weighted by Gasteiger charge is -2.38. The molecule has 0 aromatic heterocycles. The summed E-state index contributed by atoms with van der Waals surface area (Å²) in [6.07, 6.45) is 4.70. The smallest absolute Gasteiger partial charge is 0.219 e. The first-order valence-electron chi connectivity index (χ1n) is 7.58. The summed E-state index contributed by atoms with van der Waals surface area (Å²) in [5.41, 5.74) is 1.68. The van der Waals surface area contributed by atoms with Gasteiger partial charge in [-0.1, -0.05) is 30.3 Å². The molecule has 2 aliphatic heterocycles. The lowest BCUT2D eigenvalue weighted by Crippen LogP contribution is -2.42. The molecule has 2 heterocycles. The normalized spacial score (nSPS) is 25.1. The zero-order valence-electron chi connectivity index (χ0n) is 12.2. The van der Waals surface area contributed by atoms with Gasteiger partial charge in [0.15, 0.2) is 0 Å². The topological polar surface area (TPSA) is 29.5 Å². The maximum atomic E-state index is 11.4. The van der Waals surface area contributed by atoms with E-state index in [2.05, 4.69) is 30.3 Å². The second-order valence-electron chi connectivity index (χ2n) is 6.33. The predicted octanol–water partition coefficient (Wildman–Crippen LogP) is 2.65. The molecule has 1 atom stereocenters. The average molecular weight is 273 g/mol. The van der Waals surface area contributed by atoms with E-state index < -0.39 is 0 Å². The molecule has 1 aromatic carbocycles. The molecular weight excluding hydrogens is 250 g/mol. The molecule has 0 saturated carbocycles. The van der Waals surface area contributed by atoms with Crippen LogP contribution < -0.4 is 0 Å². The Kier molecular flexibility index (Phi) is 3.79. The summed E-state index contributed by atoms with van der Waals surface area (Å²) in [5.74, 6) is 0.208. The molecule has 0 aliphatic carbocycles. The Balaban J connectivity index is 1.56. The van der Waals surface area contributed by atoms with Crippen LogP contribution >= 0.6 is 0 Å². The molecule has 2 saturated heterocycles. The van der Waals surface area contributed by atoms with Crippen molar-refractivity contribution in [3.8, 4) is 0 Å². The first-order valence-corrected chi connectivity index (χ1v) is 7.58. The number of likely N-dealkylation sites (tertiary alicyclic amines) is 1. The van der Waals surface area contributed by atoms with Crippen LogP contribution in [0.15, 0.2) is 30.3 Å². The fourth-order valence-corrected chi connectivity index (χ4v) is 3.55. The van der Waals surface area contributed by atoms with Crippen LogP contribution in [0.3, 0.4) is 0 Å². The first kappa shape index (κ1) is 13.6. The Bertz CT molecular complexity index is 463. The molecule has 3 heteroatoms. The highest BCUT2D eigenvalue weighted by atomic mass is 16.5. The number of ether oxygens (including phenoxy) is 1. The monoisotopic (exact) mass is 273 g/mol. The van der Waals surface area contributed by atoms with Gasteiger partial charge in [0.25, 0.3) is 0 Å². The van der Waals surface area contributed by atoms with Crippen molar-refractivity contribution in [2.75, 3.05) is 19.7 Å². The third-order valence-corrected chi connectivity index (χ3v) is 4.86. The van der Waals surface area contributed by atoms with Gasteiger partial charge in [0.1, 0.15) is 0 Å². The summed E-state index contributed by atoms with van der Waals surface area (Å²) in [5, 5.41) is 0. The van der Waals surface area contributed by atoms with Gasteiger partial charge in [-0.15, -0.1) is 0 Å². The molecule has 2 fully saturated rings. The highest BCUT2D eigenvalue weighted by Crippen LogP contribution is 2.42. The van der Waals surface area contributed by atoms with Gasteiger partial charge in [0.2, 0.25) is 5.91 Å². The lowest BCUT2D eigenvalue weighted by molar-refractivity contribution is -0.131. The Labute approximate surface area is 120 Å². The fraction of sp³-hybridized carbons (Fsp3) is 0.588. The van der Waals surface area contributed by atoms with E-state index in [1.807, 2.05) is 4.90 Å². The summed E-state index contributed by atoms with van der Waals surface area (Å²) in [4.78, 5) is 13.4. The van der Waals surface area contributed by atoms with Gasteiger partial charge in [-0.3, -0.25) is 4.79 Å². The highest BCUT2D eigenvalue weighted by Gasteiger charge is 2.42. The zero-order chi connectivity index (χ0) is 14.0. The van der Waals surface area contributed by atoms with Crippen molar-refractivity contribution in [3.05, 3.63) is 35.9 Å². The van der Waals surface area contributed by atoms with Gasteiger partial charge in [-0.05, 0) is 36.7 Å². The van der Waals surface area contributed by atoms with Crippen molar-refractivity contribution in [1.82, 2.24) is 4.90 Å². The Morgan fingerprint density at radius 1 is 1.30 bits per heavy atom. The van der Waals surface area contributed by atoms with Gasteiger partial charge in [0, 0.05) is 20.0 Å². The van der Waals surface area contributed by atoms with E-state index >= 15 is 0 Å². The van der Waals surface area contributed by atoms with Crippen molar-refractivity contribution >= 4 is 5.91 Å². The SMILES string of the molecule is CC(=O)N1CCC2(CC1)COC(Cc1ccccc1)C2. The summed E-state index contributed by atoms with van der Waals surface area (Å²) >= 11 is 0. The van der Waals surface area contributed by atoms with Gasteiger partial charge < -0.3 is 9.64 Å². The van der Waals surface area contributed by atoms with Crippen LogP contribution in [-0.4, -0.2) is 36.6 Å². The lowest BCUT2D eigenvalue weighted by atomic mass is 9.76. The molecule has 3 nitrogen and oxygen atoms in total. The maximum absolute atomic E-state index is 11.4. The number of hydrogen-bond donors (Lipinski definition) is 0. The van der Waals surface area contributed by atoms with E-state index in [0.29, 0.717) is 11.5 Å². The van der Waals surface area contributed by atoms with Gasteiger partial charge in [-0.2, -0.15) is 0 Å². The van der Waals surface area contributed by atoms with E-state index in [1.165, 1.54) is 5.56 Å². The van der Waals surface area contributed by atoms with Crippen LogP contribution in [0, 0.1) is 5.41 Å².